The molecule has 0 fully saturated rings. The summed E-state index contributed by atoms with van der Waals surface area (Å²) in [6, 6.07) is 5.84. The minimum atomic E-state index is -0.475. The van der Waals surface area contributed by atoms with Gasteiger partial charge in [0, 0.05) is 24.6 Å². The number of hydrogen-bond acceptors (Lipinski definition) is 5. The summed E-state index contributed by atoms with van der Waals surface area (Å²) < 4.78 is 10.8. The molecule has 0 saturated heterocycles. The Bertz CT molecular complexity index is 698. The molecule has 1 aliphatic heterocycles. The van der Waals surface area contributed by atoms with E-state index in [1.165, 1.54) is 0 Å². The van der Waals surface area contributed by atoms with E-state index in [0.717, 1.165) is 27.7 Å². The van der Waals surface area contributed by atoms with Crippen molar-refractivity contribution in [3.05, 3.63) is 28.6 Å². The maximum absolute atomic E-state index is 12.4. The lowest BCUT2D eigenvalue weighted by Gasteiger charge is -2.33. The molecule has 116 valence electrons. The van der Waals surface area contributed by atoms with Crippen molar-refractivity contribution < 1.29 is 14.3 Å². The third kappa shape index (κ3) is 2.71. The molecule has 0 saturated carbocycles. The highest BCUT2D eigenvalue weighted by Crippen LogP contribution is 2.37. The van der Waals surface area contributed by atoms with Crippen LogP contribution < -0.4 is 9.64 Å². The summed E-state index contributed by atoms with van der Waals surface area (Å²) in [5, 5.41) is 3.04. The van der Waals surface area contributed by atoms with Crippen LogP contribution in [0.15, 0.2) is 23.6 Å². The first-order chi connectivity index (χ1) is 10.6. The first-order valence-corrected chi connectivity index (χ1v) is 8.01. The number of aromatic nitrogens is 1. The molecule has 1 aliphatic rings. The molecule has 1 atom stereocenters. The summed E-state index contributed by atoms with van der Waals surface area (Å²) in [6.45, 7) is 4.74. The van der Waals surface area contributed by atoms with Gasteiger partial charge in [-0.15, -0.1) is 11.3 Å². The van der Waals surface area contributed by atoms with Gasteiger partial charge in [-0.2, -0.15) is 0 Å². The topological polar surface area (TPSA) is 51.7 Å². The number of thiazole rings is 1. The third-order valence-corrected chi connectivity index (χ3v) is 4.37. The fourth-order valence-electron chi connectivity index (χ4n) is 2.48. The number of nitrogens with zero attached hydrogens (tertiary/aromatic N) is 2. The van der Waals surface area contributed by atoms with Gasteiger partial charge in [0.1, 0.15) is 5.75 Å². The van der Waals surface area contributed by atoms with Gasteiger partial charge >= 0.3 is 0 Å². The number of rotatable bonds is 4. The average molecular weight is 318 g/mol. The summed E-state index contributed by atoms with van der Waals surface area (Å²) in [7, 11) is 1.63. The van der Waals surface area contributed by atoms with Crippen LogP contribution in [0.25, 0.3) is 11.3 Å². The summed E-state index contributed by atoms with van der Waals surface area (Å²) in [5.41, 5.74) is 2.68. The van der Waals surface area contributed by atoms with Crippen LogP contribution >= 0.6 is 11.3 Å². The Labute approximate surface area is 133 Å². The number of aryl methyl sites for hydroxylation is 1. The SMILES string of the molecule is COCCN1C(=O)C(C)Oc2ccc(-c3csc(C)n3)cc21. The Morgan fingerprint density at radius 2 is 2.27 bits per heavy atom. The second-order valence-electron chi connectivity index (χ2n) is 5.18. The van der Waals surface area contributed by atoms with Gasteiger partial charge in [-0.05, 0) is 32.0 Å². The molecular formula is C16H18N2O3S. The zero-order valence-corrected chi connectivity index (χ0v) is 13.6. The monoisotopic (exact) mass is 318 g/mol. The molecule has 0 radical (unpaired) electrons. The largest absolute Gasteiger partial charge is 0.479 e. The summed E-state index contributed by atoms with van der Waals surface area (Å²) >= 11 is 1.61. The van der Waals surface area contributed by atoms with E-state index in [1.54, 1.807) is 30.3 Å². The number of amides is 1. The molecule has 1 amide bonds. The fraction of sp³-hybridized carbons (Fsp3) is 0.375. The second kappa shape index (κ2) is 6.06. The molecule has 2 heterocycles. The first-order valence-electron chi connectivity index (χ1n) is 7.13. The molecule has 1 unspecified atom stereocenters. The molecule has 0 bridgehead atoms. The van der Waals surface area contributed by atoms with Crippen LogP contribution in [0.3, 0.4) is 0 Å². The maximum Gasteiger partial charge on any atom is 0.267 e. The van der Waals surface area contributed by atoms with Crippen molar-refractivity contribution in [3.8, 4) is 17.0 Å². The molecule has 6 heteroatoms. The van der Waals surface area contributed by atoms with Crippen molar-refractivity contribution in [3.63, 3.8) is 0 Å². The van der Waals surface area contributed by atoms with Crippen LogP contribution in [0.2, 0.25) is 0 Å². The van der Waals surface area contributed by atoms with Crippen LogP contribution in [0.4, 0.5) is 5.69 Å². The minimum absolute atomic E-state index is 0.0452. The van der Waals surface area contributed by atoms with Crippen LogP contribution in [0.1, 0.15) is 11.9 Å². The zero-order valence-electron chi connectivity index (χ0n) is 12.8. The first kappa shape index (κ1) is 15.0. The van der Waals surface area contributed by atoms with E-state index in [4.69, 9.17) is 9.47 Å². The average Bonchev–Trinajstić information content (AvgIpc) is 2.94. The van der Waals surface area contributed by atoms with E-state index < -0.39 is 6.10 Å². The van der Waals surface area contributed by atoms with E-state index in [9.17, 15) is 4.79 Å². The Hall–Kier alpha value is -1.92. The molecule has 5 nitrogen and oxygen atoms in total. The zero-order chi connectivity index (χ0) is 15.7. The molecule has 3 rings (SSSR count). The van der Waals surface area contributed by atoms with Gasteiger partial charge in [-0.25, -0.2) is 4.98 Å². The Balaban J connectivity index is 2.01. The van der Waals surface area contributed by atoms with Crippen LogP contribution in [0, 0.1) is 6.92 Å². The summed E-state index contributed by atoms with van der Waals surface area (Å²) in [6.07, 6.45) is -0.475. The van der Waals surface area contributed by atoms with Crippen molar-refractivity contribution in [2.75, 3.05) is 25.2 Å². The van der Waals surface area contributed by atoms with Gasteiger partial charge in [0.25, 0.3) is 5.91 Å². The number of fused-ring (bicyclic) bond motifs is 1. The standard InChI is InChI=1S/C16H18N2O3S/c1-10-16(19)18(6-7-20-3)14-8-12(4-5-15(14)21-10)13-9-22-11(2)17-13/h4-5,8-10H,6-7H2,1-3H3. The Morgan fingerprint density at radius 3 is 2.95 bits per heavy atom. The number of benzene rings is 1. The number of methoxy groups -OCH3 is 1. The van der Waals surface area contributed by atoms with E-state index in [0.29, 0.717) is 13.2 Å². The van der Waals surface area contributed by atoms with Crippen LogP contribution in [-0.4, -0.2) is 37.3 Å². The van der Waals surface area contributed by atoms with Gasteiger partial charge in [0.05, 0.1) is 23.0 Å². The number of carbonyl (C=O) groups excluding carboxylic acids is 1. The Kier molecular flexibility index (Phi) is 4.13. The van der Waals surface area contributed by atoms with Crippen molar-refractivity contribution in [2.45, 2.75) is 20.0 Å². The minimum Gasteiger partial charge on any atom is -0.479 e. The lowest BCUT2D eigenvalue weighted by molar-refractivity contribution is -0.125. The highest BCUT2D eigenvalue weighted by molar-refractivity contribution is 7.09. The molecule has 1 aromatic carbocycles. The molecule has 0 spiro atoms. The molecule has 22 heavy (non-hydrogen) atoms. The Morgan fingerprint density at radius 1 is 1.45 bits per heavy atom. The lowest BCUT2D eigenvalue weighted by atomic mass is 10.1. The maximum atomic E-state index is 12.4. The molecule has 2 aromatic rings. The smallest absolute Gasteiger partial charge is 0.267 e. The molecule has 1 aromatic heterocycles. The van der Waals surface area contributed by atoms with Gasteiger partial charge < -0.3 is 14.4 Å². The van der Waals surface area contributed by atoms with Crippen molar-refractivity contribution >= 4 is 22.9 Å². The number of anilines is 1. The molecule has 0 aliphatic carbocycles. The highest BCUT2D eigenvalue weighted by atomic mass is 32.1. The quantitative estimate of drug-likeness (QED) is 0.870. The number of ether oxygens (including phenoxy) is 2. The van der Waals surface area contributed by atoms with E-state index in [2.05, 4.69) is 4.98 Å². The predicted octanol–water partition coefficient (Wildman–Crippen LogP) is 2.88. The van der Waals surface area contributed by atoms with Gasteiger partial charge in [-0.3, -0.25) is 4.79 Å². The predicted molar refractivity (Wildman–Crippen MR) is 86.6 cm³/mol. The third-order valence-electron chi connectivity index (χ3n) is 3.60. The molecule has 0 N–H and O–H groups in total. The van der Waals surface area contributed by atoms with E-state index >= 15 is 0 Å². The normalized spacial score (nSPS) is 17.3. The number of hydrogen-bond donors (Lipinski definition) is 0. The van der Waals surface area contributed by atoms with Gasteiger partial charge in [0.15, 0.2) is 6.10 Å². The van der Waals surface area contributed by atoms with E-state index in [-0.39, 0.29) is 5.91 Å². The van der Waals surface area contributed by atoms with Gasteiger partial charge in [-0.1, -0.05) is 0 Å². The summed E-state index contributed by atoms with van der Waals surface area (Å²) in [4.78, 5) is 18.6. The van der Waals surface area contributed by atoms with Gasteiger partial charge in [0.2, 0.25) is 0 Å². The fourth-order valence-corrected chi connectivity index (χ4v) is 3.10. The molecular weight excluding hydrogens is 300 g/mol. The van der Waals surface area contributed by atoms with Crippen LogP contribution in [-0.2, 0) is 9.53 Å². The summed E-state index contributed by atoms with van der Waals surface area (Å²) in [5.74, 6) is 0.676. The van der Waals surface area contributed by atoms with Crippen molar-refractivity contribution in [1.29, 1.82) is 0 Å². The van der Waals surface area contributed by atoms with Crippen molar-refractivity contribution in [2.24, 2.45) is 0 Å². The van der Waals surface area contributed by atoms with Crippen LogP contribution in [0.5, 0.6) is 5.75 Å². The lowest BCUT2D eigenvalue weighted by Crippen LogP contribution is -2.45. The number of carbonyl (C=O) groups is 1. The highest BCUT2D eigenvalue weighted by Gasteiger charge is 2.31. The van der Waals surface area contributed by atoms with E-state index in [1.807, 2.05) is 30.5 Å². The second-order valence-corrected chi connectivity index (χ2v) is 6.24. The van der Waals surface area contributed by atoms with Crippen molar-refractivity contribution in [1.82, 2.24) is 4.98 Å².